The summed E-state index contributed by atoms with van der Waals surface area (Å²) < 4.78 is 0. The summed E-state index contributed by atoms with van der Waals surface area (Å²) >= 11 is 0. The van der Waals surface area contributed by atoms with Gasteiger partial charge in [-0.25, -0.2) is 10.0 Å². The fourth-order valence-corrected chi connectivity index (χ4v) is 8.24. The Kier molecular flexibility index (Phi) is 13.7. The standard InChI is InChI=1S/2C22H31N5O3/c2*1-5-16(24-19(29)21(2,3)23)18(28)27-12-11-17-22(14-27,20(30)26(4)25-17)13-15-9-7-6-8-10-15/h2*6-10,16H,5,11-14,23H2,1-4H3,(H,24,29). The number of hydrogen-bond acceptors (Lipinski definition) is 10. The Morgan fingerprint density at radius 1 is 0.650 bits per heavy atom. The average Bonchev–Trinajstić information content (AvgIpc) is 3.60. The van der Waals surface area contributed by atoms with E-state index in [1.165, 1.54) is 10.0 Å². The fraction of sp³-hybridized carbons (Fsp3) is 0.545. The van der Waals surface area contributed by atoms with E-state index in [-0.39, 0.29) is 48.5 Å². The van der Waals surface area contributed by atoms with Crippen LogP contribution in [0.1, 0.15) is 78.4 Å². The third kappa shape index (κ3) is 9.60. The van der Waals surface area contributed by atoms with Gasteiger partial charge in [0.1, 0.15) is 22.9 Å². The zero-order chi connectivity index (χ0) is 44.2. The third-order valence-electron chi connectivity index (χ3n) is 11.7. The number of nitrogens with two attached hydrogens (primary N) is 2. The smallest absolute Gasteiger partial charge is 0.256 e. The van der Waals surface area contributed by atoms with E-state index in [1.807, 2.05) is 74.5 Å². The Morgan fingerprint density at radius 2 is 0.983 bits per heavy atom. The molecule has 324 valence electrons. The number of nitrogens with zero attached hydrogens (tertiary/aromatic N) is 6. The molecular weight excluding hydrogens is 765 g/mol. The lowest BCUT2D eigenvalue weighted by Crippen LogP contribution is -2.60. The Labute approximate surface area is 353 Å². The summed E-state index contributed by atoms with van der Waals surface area (Å²) in [7, 11) is 3.32. The molecule has 0 spiro atoms. The largest absolute Gasteiger partial charge is 0.343 e. The molecule has 6 amide bonds. The van der Waals surface area contributed by atoms with E-state index in [1.54, 1.807) is 51.6 Å². The maximum atomic E-state index is 13.3. The van der Waals surface area contributed by atoms with Crippen molar-refractivity contribution in [3.8, 4) is 0 Å². The van der Waals surface area contributed by atoms with Gasteiger partial charge in [-0.3, -0.25) is 28.8 Å². The number of benzene rings is 2. The highest BCUT2D eigenvalue weighted by molar-refractivity contribution is 6.14. The van der Waals surface area contributed by atoms with Crippen molar-refractivity contribution in [1.29, 1.82) is 0 Å². The molecule has 0 aromatic heterocycles. The first-order valence-electron chi connectivity index (χ1n) is 20.7. The summed E-state index contributed by atoms with van der Waals surface area (Å²) in [5.74, 6) is -1.33. The summed E-state index contributed by atoms with van der Waals surface area (Å²) in [4.78, 5) is 80.9. The molecule has 4 unspecified atom stereocenters. The van der Waals surface area contributed by atoms with E-state index < -0.39 is 34.0 Å². The van der Waals surface area contributed by atoms with E-state index in [0.29, 0.717) is 51.6 Å². The molecule has 60 heavy (non-hydrogen) atoms. The van der Waals surface area contributed by atoms with Crippen molar-refractivity contribution >= 4 is 46.9 Å². The first-order chi connectivity index (χ1) is 28.2. The predicted octanol–water partition coefficient (Wildman–Crippen LogP) is 1.82. The number of piperidine rings is 2. The van der Waals surface area contributed by atoms with E-state index >= 15 is 0 Å². The number of carbonyl (C=O) groups excluding carboxylic acids is 6. The maximum Gasteiger partial charge on any atom is 0.256 e. The Morgan fingerprint density at radius 3 is 1.28 bits per heavy atom. The van der Waals surface area contributed by atoms with Crippen LogP contribution in [-0.2, 0) is 41.6 Å². The Hall–Kier alpha value is -5.48. The van der Waals surface area contributed by atoms with E-state index in [4.69, 9.17) is 11.5 Å². The first-order valence-corrected chi connectivity index (χ1v) is 20.7. The molecule has 6 rings (SSSR count). The molecule has 2 saturated heterocycles. The van der Waals surface area contributed by atoms with Gasteiger partial charge in [0.15, 0.2) is 0 Å². The topological polar surface area (TPSA) is 216 Å². The van der Waals surface area contributed by atoms with Crippen LogP contribution in [0.25, 0.3) is 0 Å². The second-order valence-electron chi connectivity index (χ2n) is 17.6. The van der Waals surface area contributed by atoms with Crippen molar-refractivity contribution in [1.82, 2.24) is 30.5 Å². The zero-order valence-corrected chi connectivity index (χ0v) is 36.3. The van der Waals surface area contributed by atoms with Crippen LogP contribution in [0, 0.1) is 10.8 Å². The van der Waals surface area contributed by atoms with Gasteiger partial charge in [0.25, 0.3) is 11.8 Å². The normalized spacial score (nSPS) is 22.4. The van der Waals surface area contributed by atoms with Crippen LogP contribution >= 0.6 is 0 Å². The van der Waals surface area contributed by atoms with Gasteiger partial charge in [0.05, 0.1) is 22.5 Å². The number of likely N-dealkylation sites (tertiary alicyclic amines) is 2. The molecule has 2 aromatic carbocycles. The minimum atomic E-state index is -1.08. The molecule has 0 saturated carbocycles. The van der Waals surface area contributed by atoms with E-state index in [2.05, 4.69) is 20.8 Å². The number of amides is 6. The number of hydrogen-bond donors (Lipinski definition) is 4. The van der Waals surface area contributed by atoms with E-state index in [9.17, 15) is 28.8 Å². The van der Waals surface area contributed by atoms with Crippen molar-refractivity contribution in [2.45, 2.75) is 103 Å². The van der Waals surface area contributed by atoms with Crippen LogP contribution in [0.5, 0.6) is 0 Å². The fourth-order valence-electron chi connectivity index (χ4n) is 8.24. The van der Waals surface area contributed by atoms with Crippen LogP contribution in [0.15, 0.2) is 70.9 Å². The number of carbonyl (C=O) groups is 6. The number of fused-ring (bicyclic) bond motifs is 2. The zero-order valence-electron chi connectivity index (χ0n) is 36.3. The summed E-state index contributed by atoms with van der Waals surface area (Å²) in [6.07, 6.45) is 2.91. The van der Waals surface area contributed by atoms with Crippen molar-refractivity contribution in [3.05, 3.63) is 71.8 Å². The molecule has 6 N–H and O–H groups in total. The molecule has 0 radical (unpaired) electrons. The van der Waals surface area contributed by atoms with Crippen molar-refractivity contribution < 1.29 is 28.8 Å². The summed E-state index contributed by atoms with van der Waals surface area (Å²) in [5.41, 5.74) is 11.6. The highest BCUT2D eigenvalue weighted by Gasteiger charge is 2.55. The molecule has 4 heterocycles. The van der Waals surface area contributed by atoms with Gasteiger partial charge in [-0.15, -0.1) is 0 Å². The van der Waals surface area contributed by atoms with Gasteiger partial charge >= 0.3 is 0 Å². The van der Waals surface area contributed by atoms with Crippen LogP contribution in [0.4, 0.5) is 0 Å². The lowest BCUT2D eigenvalue weighted by Gasteiger charge is -2.40. The van der Waals surface area contributed by atoms with Gasteiger partial charge in [0.2, 0.25) is 23.6 Å². The summed E-state index contributed by atoms with van der Waals surface area (Å²) in [6.45, 7) is 11.5. The monoisotopic (exact) mass is 826 g/mol. The van der Waals surface area contributed by atoms with Gasteiger partial charge in [-0.1, -0.05) is 74.5 Å². The highest BCUT2D eigenvalue weighted by Crippen LogP contribution is 2.40. The maximum absolute atomic E-state index is 13.3. The molecule has 4 atom stereocenters. The second-order valence-corrected chi connectivity index (χ2v) is 17.6. The molecule has 0 bridgehead atoms. The molecule has 16 heteroatoms. The minimum Gasteiger partial charge on any atom is -0.343 e. The molecular formula is C44H62N10O6. The van der Waals surface area contributed by atoms with Gasteiger partial charge < -0.3 is 31.9 Å². The molecule has 16 nitrogen and oxygen atoms in total. The Balaban J connectivity index is 0.000000228. The number of rotatable bonds is 12. The molecule has 2 aromatic rings. The predicted molar refractivity (Wildman–Crippen MR) is 229 cm³/mol. The van der Waals surface area contributed by atoms with Crippen LogP contribution in [0.2, 0.25) is 0 Å². The van der Waals surface area contributed by atoms with Gasteiger partial charge in [0, 0.05) is 53.1 Å². The van der Waals surface area contributed by atoms with Crippen molar-refractivity contribution in [3.63, 3.8) is 0 Å². The second kappa shape index (κ2) is 18.0. The van der Waals surface area contributed by atoms with Gasteiger partial charge in [-0.2, -0.15) is 10.2 Å². The van der Waals surface area contributed by atoms with Crippen molar-refractivity contribution in [2.24, 2.45) is 32.5 Å². The average molecular weight is 827 g/mol. The summed E-state index contributed by atoms with van der Waals surface area (Å²) in [6, 6.07) is 18.2. The third-order valence-corrected chi connectivity index (χ3v) is 11.7. The van der Waals surface area contributed by atoms with E-state index in [0.717, 1.165) is 22.6 Å². The molecule has 4 aliphatic heterocycles. The molecule has 2 fully saturated rings. The van der Waals surface area contributed by atoms with Crippen LogP contribution in [-0.4, -0.2) is 130 Å². The van der Waals surface area contributed by atoms with Crippen LogP contribution in [0.3, 0.4) is 0 Å². The SMILES string of the molecule is CCC(NC(=O)C(C)(C)N)C(=O)N1CCC2=NN(C)C(=O)C2(Cc2ccccc2)C1.CCC(NC(=O)C(C)(C)N)C(=O)N1CCC2=NN(C)C(=O)C2(Cc2ccccc2)C1. The molecule has 0 aliphatic carbocycles. The Bertz CT molecular complexity index is 1870. The minimum absolute atomic E-state index is 0.0981. The summed E-state index contributed by atoms with van der Waals surface area (Å²) in [5, 5.41) is 17.3. The van der Waals surface area contributed by atoms with Crippen molar-refractivity contribution in [2.75, 3.05) is 40.3 Å². The highest BCUT2D eigenvalue weighted by atomic mass is 16.2. The first kappa shape index (κ1) is 45.6. The van der Waals surface area contributed by atoms with Crippen LogP contribution < -0.4 is 22.1 Å². The lowest BCUT2D eigenvalue weighted by atomic mass is 9.73. The quantitative estimate of drug-likeness (QED) is 0.247. The lowest BCUT2D eigenvalue weighted by molar-refractivity contribution is -0.143. The van der Waals surface area contributed by atoms with Gasteiger partial charge in [-0.05, 0) is 64.5 Å². The number of nitrogens with one attached hydrogen (secondary N) is 2. The number of hydrazone groups is 2. The molecule has 4 aliphatic rings.